The number of carbonyl (C=O) groups is 2. The number of fused-ring (bicyclic) bond motifs is 1. The molecular formula is C21H21N3O4. The third kappa shape index (κ3) is 3.93. The van der Waals surface area contributed by atoms with Gasteiger partial charge in [0.05, 0.1) is 29.9 Å². The maximum absolute atomic E-state index is 12.6. The van der Waals surface area contributed by atoms with Crippen molar-refractivity contribution in [3.05, 3.63) is 70.3 Å². The van der Waals surface area contributed by atoms with Crippen LogP contribution in [0.25, 0.3) is 10.9 Å². The number of methoxy groups -OCH3 is 1. The zero-order chi connectivity index (χ0) is 20.3. The number of nitrogens with one attached hydrogen (secondary N) is 1. The molecular weight excluding hydrogens is 358 g/mol. The molecule has 0 aliphatic heterocycles. The number of benzene rings is 2. The highest BCUT2D eigenvalue weighted by molar-refractivity contribution is 5.95. The maximum atomic E-state index is 12.6. The Balaban J connectivity index is 1.88. The standard InChI is InChI=1S/C21H21N3O4/c1-13(2)15-9-8-14(21(27)28-3)10-18(15)23-19(25)11-24-12-22-17-7-5-4-6-16(17)20(24)26/h4-10,12-13H,11H2,1-3H3,(H,23,25). The molecule has 7 nitrogen and oxygen atoms in total. The molecule has 0 bridgehead atoms. The third-order valence-corrected chi connectivity index (χ3v) is 4.42. The molecule has 28 heavy (non-hydrogen) atoms. The summed E-state index contributed by atoms with van der Waals surface area (Å²) in [6.45, 7) is 3.79. The zero-order valence-corrected chi connectivity index (χ0v) is 15.9. The molecule has 3 aromatic rings. The monoisotopic (exact) mass is 379 g/mol. The van der Waals surface area contributed by atoms with Gasteiger partial charge in [-0.05, 0) is 35.7 Å². The third-order valence-electron chi connectivity index (χ3n) is 4.42. The minimum Gasteiger partial charge on any atom is -0.465 e. The van der Waals surface area contributed by atoms with E-state index in [9.17, 15) is 14.4 Å². The van der Waals surface area contributed by atoms with Gasteiger partial charge in [0, 0.05) is 5.69 Å². The van der Waals surface area contributed by atoms with Gasteiger partial charge in [-0.3, -0.25) is 14.2 Å². The van der Waals surface area contributed by atoms with Gasteiger partial charge in [-0.1, -0.05) is 32.0 Å². The summed E-state index contributed by atoms with van der Waals surface area (Å²) in [6, 6.07) is 12.0. The van der Waals surface area contributed by atoms with Gasteiger partial charge < -0.3 is 10.1 Å². The summed E-state index contributed by atoms with van der Waals surface area (Å²) in [5.74, 6) is -0.740. The van der Waals surface area contributed by atoms with Gasteiger partial charge in [0.25, 0.3) is 5.56 Å². The second kappa shape index (κ2) is 8.04. The van der Waals surface area contributed by atoms with E-state index in [1.807, 2.05) is 13.8 Å². The SMILES string of the molecule is COC(=O)c1ccc(C(C)C)c(NC(=O)Cn2cnc3ccccc3c2=O)c1. The molecule has 0 aliphatic carbocycles. The number of ether oxygens (including phenoxy) is 1. The van der Waals surface area contributed by atoms with Crippen molar-refractivity contribution >= 4 is 28.5 Å². The van der Waals surface area contributed by atoms with Gasteiger partial charge in [-0.2, -0.15) is 0 Å². The lowest BCUT2D eigenvalue weighted by atomic mass is 9.99. The summed E-state index contributed by atoms with van der Waals surface area (Å²) in [6.07, 6.45) is 1.36. The summed E-state index contributed by atoms with van der Waals surface area (Å²) in [7, 11) is 1.30. The highest BCUT2D eigenvalue weighted by atomic mass is 16.5. The molecule has 0 spiro atoms. The second-order valence-electron chi connectivity index (χ2n) is 6.69. The lowest BCUT2D eigenvalue weighted by molar-refractivity contribution is -0.116. The van der Waals surface area contributed by atoms with E-state index < -0.39 is 5.97 Å². The molecule has 1 N–H and O–H groups in total. The Morgan fingerprint density at radius 3 is 2.64 bits per heavy atom. The number of esters is 1. The van der Waals surface area contributed by atoms with Crippen LogP contribution in [-0.4, -0.2) is 28.5 Å². The van der Waals surface area contributed by atoms with Crippen LogP contribution in [0.2, 0.25) is 0 Å². The fraction of sp³-hybridized carbons (Fsp3) is 0.238. The summed E-state index contributed by atoms with van der Waals surface area (Å²) >= 11 is 0. The Hall–Kier alpha value is -3.48. The van der Waals surface area contributed by atoms with E-state index in [0.717, 1.165) is 5.56 Å². The van der Waals surface area contributed by atoms with Crippen molar-refractivity contribution in [3.63, 3.8) is 0 Å². The zero-order valence-electron chi connectivity index (χ0n) is 15.9. The molecule has 0 unspecified atom stereocenters. The van der Waals surface area contributed by atoms with Crippen LogP contribution in [0.1, 0.15) is 35.7 Å². The van der Waals surface area contributed by atoms with Gasteiger partial charge in [-0.15, -0.1) is 0 Å². The molecule has 2 aromatic carbocycles. The smallest absolute Gasteiger partial charge is 0.337 e. The topological polar surface area (TPSA) is 90.3 Å². The molecule has 3 rings (SSSR count). The molecule has 1 heterocycles. The number of hydrogen-bond acceptors (Lipinski definition) is 5. The number of aromatic nitrogens is 2. The summed E-state index contributed by atoms with van der Waals surface area (Å²) in [5, 5.41) is 3.25. The van der Waals surface area contributed by atoms with E-state index in [1.54, 1.807) is 42.5 Å². The van der Waals surface area contributed by atoms with Crippen molar-refractivity contribution < 1.29 is 14.3 Å². The highest BCUT2D eigenvalue weighted by Gasteiger charge is 2.15. The van der Waals surface area contributed by atoms with E-state index >= 15 is 0 Å². The fourth-order valence-corrected chi connectivity index (χ4v) is 2.98. The number of rotatable bonds is 5. The van der Waals surface area contributed by atoms with Crippen molar-refractivity contribution in [3.8, 4) is 0 Å². The molecule has 144 valence electrons. The van der Waals surface area contributed by atoms with Crippen LogP contribution in [0.5, 0.6) is 0 Å². The average molecular weight is 379 g/mol. The Labute approximate surface area is 162 Å². The van der Waals surface area contributed by atoms with Crippen molar-refractivity contribution in [2.75, 3.05) is 12.4 Å². The van der Waals surface area contributed by atoms with Crippen LogP contribution in [0, 0.1) is 0 Å². The Morgan fingerprint density at radius 2 is 1.93 bits per heavy atom. The molecule has 0 fully saturated rings. The molecule has 0 atom stereocenters. The lowest BCUT2D eigenvalue weighted by Gasteiger charge is -2.15. The number of nitrogens with zero attached hydrogens (tertiary/aromatic N) is 2. The maximum Gasteiger partial charge on any atom is 0.337 e. The van der Waals surface area contributed by atoms with Gasteiger partial charge in [-0.25, -0.2) is 9.78 Å². The van der Waals surface area contributed by atoms with E-state index in [0.29, 0.717) is 22.2 Å². The number of para-hydroxylation sites is 1. The number of amides is 1. The molecule has 0 saturated carbocycles. The Kier molecular flexibility index (Phi) is 5.54. The summed E-state index contributed by atoms with van der Waals surface area (Å²) in [5.41, 5.74) is 2.03. The molecule has 0 aliphatic rings. The Bertz CT molecular complexity index is 1100. The van der Waals surface area contributed by atoms with E-state index in [1.165, 1.54) is 18.0 Å². The highest BCUT2D eigenvalue weighted by Crippen LogP contribution is 2.26. The van der Waals surface area contributed by atoms with Gasteiger partial charge in [0.1, 0.15) is 6.54 Å². The van der Waals surface area contributed by atoms with Crippen molar-refractivity contribution in [2.45, 2.75) is 26.3 Å². The van der Waals surface area contributed by atoms with E-state index in [2.05, 4.69) is 10.3 Å². The van der Waals surface area contributed by atoms with E-state index in [-0.39, 0.29) is 23.9 Å². The minimum absolute atomic E-state index is 0.132. The van der Waals surface area contributed by atoms with Crippen molar-refractivity contribution in [2.24, 2.45) is 0 Å². The van der Waals surface area contributed by atoms with Crippen LogP contribution in [0.3, 0.4) is 0 Å². The first-order valence-electron chi connectivity index (χ1n) is 8.87. The predicted molar refractivity (Wildman–Crippen MR) is 107 cm³/mol. The predicted octanol–water partition coefficient (Wildman–Crippen LogP) is 2.95. The van der Waals surface area contributed by atoms with Crippen LogP contribution in [0.15, 0.2) is 53.6 Å². The van der Waals surface area contributed by atoms with Crippen LogP contribution >= 0.6 is 0 Å². The molecule has 0 radical (unpaired) electrons. The number of anilines is 1. The Morgan fingerprint density at radius 1 is 1.18 bits per heavy atom. The van der Waals surface area contributed by atoms with Gasteiger partial charge in [0.2, 0.25) is 5.91 Å². The first-order chi connectivity index (χ1) is 13.4. The normalized spacial score (nSPS) is 10.9. The van der Waals surface area contributed by atoms with Crippen LogP contribution in [0.4, 0.5) is 5.69 Å². The average Bonchev–Trinajstić information content (AvgIpc) is 2.69. The first kappa shape index (κ1) is 19.3. The quantitative estimate of drug-likeness (QED) is 0.689. The van der Waals surface area contributed by atoms with Gasteiger partial charge >= 0.3 is 5.97 Å². The summed E-state index contributed by atoms with van der Waals surface area (Å²) in [4.78, 5) is 41.2. The molecule has 1 amide bonds. The van der Waals surface area contributed by atoms with Crippen molar-refractivity contribution in [1.82, 2.24) is 9.55 Å². The van der Waals surface area contributed by atoms with Crippen molar-refractivity contribution in [1.29, 1.82) is 0 Å². The summed E-state index contributed by atoms with van der Waals surface area (Å²) < 4.78 is 6.00. The first-order valence-corrected chi connectivity index (χ1v) is 8.87. The van der Waals surface area contributed by atoms with Crippen LogP contribution < -0.4 is 10.9 Å². The van der Waals surface area contributed by atoms with Gasteiger partial charge in [0.15, 0.2) is 0 Å². The second-order valence-corrected chi connectivity index (χ2v) is 6.69. The molecule has 7 heteroatoms. The number of carbonyl (C=O) groups excluding carboxylic acids is 2. The van der Waals surface area contributed by atoms with E-state index in [4.69, 9.17) is 4.74 Å². The fourth-order valence-electron chi connectivity index (χ4n) is 2.98. The molecule has 1 aromatic heterocycles. The largest absolute Gasteiger partial charge is 0.465 e. The lowest BCUT2D eigenvalue weighted by Crippen LogP contribution is -2.28. The molecule has 0 saturated heterocycles. The minimum atomic E-state index is -0.485. The number of hydrogen-bond donors (Lipinski definition) is 1. The van der Waals surface area contributed by atoms with Crippen LogP contribution in [-0.2, 0) is 16.1 Å².